The van der Waals surface area contributed by atoms with E-state index in [9.17, 15) is 9.59 Å². The minimum absolute atomic E-state index is 0.00449. The Morgan fingerprint density at radius 2 is 1.74 bits per heavy atom. The van der Waals surface area contributed by atoms with Crippen molar-refractivity contribution in [1.29, 1.82) is 0 Å². The number of hydrogen-bond donors (Lipinski definition) is 1. The second kappa shape index (κ2) is 9.68. The monoisotopic (exact) mass is 507 g/mol. The van der Waals surface area contributed by atoms with Gasteiger partial charge in [0, 0.05) is 16.4 Å². The van der Waals surface area contributed by atoms with Gasteiger partial charge in [0.05, 0.1) is 18.5 Å². The minimum Gasteiger partial charge on any atom is -0.495 e. The van der Waals surface area contributed by atoms with E-state index >= 15 is 0 Å². The second-order valence-electron chi connectivity index (χ2n) is 8.68. The number of anilines is 1. The summed E-state index contributed by atoms with van der Waals surface area (Å²) in [5.41, 5.74) is 4.98. The van der Waals surface area contributed by atoms with Crippen molar-refractivity contribution in [3.8, 4) is 11.4 Å². The fourth-order valence-electron chi connectivity index (χ4n) is 4.20. The number of carbonyl (C=O) groups excluding carboxylic acids is 2. The number of benzene rings is 2. The molecule has 35 heavy (non-hydrogen) atoms. The average Bonchev–Trinajstić information content (AvgIpc) is 3.09. The molecule has 0 saturated carbocycles. The van der Waals surface area contributed by atoms with Crippen LogP contribution in [0, 0.1) is 13.8 Å². The lowest BCUT2D eigenvalue weighted by Crippen LogP contribution is -2.54. The standard InChI is InChI=1S/C27H26ClN3O3S/c1-15(2)18-6-9-21(10-7-18)31-26(33)22(25(32)29-27(31)35)13-19-12-16(3)30(17(19)4)23-14-20(28)8-11-24(23)34-5/h6-15H,1-5H3,(H,29,32,35)/b22-13+. The first-order valence-electron chi connectivity index (χ1n) is 11.2. The van der Waals surface area contributed by atoms with Crippen molar-refractivity contribution in [2.24, 2.45) is 0 Å². The Morgan fingerprint density at radius 3 is 2.37 bits per heavy atom. The van der Waals surface area contributed by atoms with Crippen molar-refractivity contribution in [3.05, 3.63) is 81.6 Å². The van der Waals surface area contributed by atoms with Gasteiger partial charge < -0.3 is 9.30 Å². The number of carbonyl (C=O) groups is 2. The van der Waals surface area contributed by atoms with Gasteiger partial charge in [-0.25, -0.2) is 0 Å². The average molecular weight is 508 g/mol. The molecule has 1 aromatic heterocycles. The Morgan fingerprint density at radius 1 is 1.06 bits per heavy atom. The number of halogens is 1. The summed E-state index contributed by atoms with van der Waals surface area (Å²) in [6.45, 7) is 8.05. The van der Waals surface area contributed by atoms with Crippen LogP contribution in [0.15, 0.2) is 54.1 Å². The molecule has 1 aliphatic rings. The van der Waals surface area contributed by atoms with Crippen LogP contribution >= 0.6 is 23.8 Å². The SMILES string of the molecule is COc1ccc(Cl)cc1-n1c(C)cc(/C=C2\C(=O)NC(=S)N(c3ccc(C(C)C)cc3)C2=O)c1C. The third-order valence-corrected chi connectivity index (χ3v) is 6.59. The summed E-state index contributed by atoms with van der Waals surface area (Å²) in [7, 11) is 1.60. The van der Waals surface area contributed by atoms with Crippen molar-refractivity contribution in [3.63, 3.8) is 0 Å². The van der Waals surface area contributed by atoms with E-state index in [2.05, 4.69) is 19.2 Å². The van der Waals surface area contributed by atoms with Crippen LogP contribution in [-0.4, -0.2) is 28.6 Å². The first-order chi connectivity index (χ1) is 16.6. The van der Waals surface area contributed by atoms with Crippen LogP contribution in [0.25, 0.3) is 11.8 Å². The van der Waals surface area contributed by atoms with E-state index in [-0.39, 0.29) is 10.7 Å². The maximum atomic E-state index is 13.5. The van der Waals surface area contributed by atoms with Crippen LogP contribution in [0.1, 0.15) is 42.3 Å². The summed E-state index contributed by atoms with van der Waals surface area (Å²) in [6, 6.07) is 14.9. The van der Waals surface area contributed by atoms with Gasteiger partial charge in [-0.3, -0.25) is 19.8 Å². The Labute approximate surface area is 215 Å². The summed E-state index contributed by atoms with van der Waals surface area (Å²) in [5.74, 6) is 0.0150. The quantitative estimate of drug-likeness (QED) is 0.273. The minimum atomic E-state index is -0.528. The molecule has 1 N–H and O–H groups in total. The van der Waals surface area contributed by atoms with Gasteiger partial charge in [0.25, 0.3) is 11.8 Å². The highest BCUT2D eigenvalue weighted by Gasteiger charge is 2.34. The molecule has 0 radical (unpaired) electrons. The van der Waals surface area contributed by atoms with Gasteiger partial charge in [0.2, 0.25) is 0 Å². The summed E-state index contributed by atoms with van der Waals surface area (Å²) in [4.78, 5) is 27.6. The number of thiocarbonyl (C=S) groups is 1. The molecule has 4 rings (SSSR count). The van der Waals surface area contributed by atoms with E-state index in [1.807, 2.05) is 54.8 Å². The molecule has 2 aromatic carbocycles. The molecule has 0 aliphatic carbocycles. The lowest BCUT2D eigenvalue weighted by atomic mass is 10.0. The Kier molecular flexibility index (Phi) is 6.83. The zero-order valence-corrected chi connectivity index (χ0v) is 21.8. The molecule has 0 atom stereocenters. The van der Waals surface area contributed by atoms with Gasteiger partial charge in [-0.2, -0.15) is 0 Å². The molecule has 180 valence electrons. The molecule has 2 heterocycles. The molecular formula is C27H26ClN3O3S. The third-order valence-electron chi connectivity index (χ3n) is 6.07. The molecule has 2 amide bonds. The van der Waals surface area contributed by atoms with Crippen molar-refractivity contribution in [1.82, 2.24) is 9.88 Å². The number of amides is 2. The zero-order valence-electron chi connectivity index (χ0n) is 20.2. The molecule has 3 aromatic rings. The fraction of sp³-hybridized carbons (Fsp3) is 0.222. The molecule has 6 nitrogen and oxygen atoms in total. The highest BCUT2D eigenvalue weighted by molar-refractivity contribution is 7.80. The molecule has 1 fully saturated rings. The predicted molar refractivity (Wildman–Crippen MR) is 144 cm³/mol. The largest absolute Gasteiger partial charge is 0.495 e. The summed E-state index contributed by atoms with van der Waals surface area (Å²) in [5, 5.41) is 3.28. The lowest BCUT2D eigenvalue weighted by Gasteiger charge is -2.29. The van der Waals surface area contributed by atoms with Gasteiger partial charge in [-0.15, -0.1) is 0 Å². The predicted octanol–water partition coefficient (Wildman–Crippen LogP) is 5.71. The maximum absolute atomic E-state index is 13.5. The number of methoxy groups -OCH3 is 1. The molecular weight excluding hydrogens is 482 g/mol. The second-order valence-corrected chi connectivity index (χ2v) is 9.51. The van der Waals surface area contributed by atoms with Gasteiger partial charge in [-0.1, -0.05) is 37.6 Å². The summed E-state index contributed by atoms with van der Waals surface area (Å²) < 4.78 is 7.50. The normalized spacial score (nSPS) is 15.2. The van der Waals surface area contributed by atoms with Crippen LogP contribution in [0.4, 0.5) is 5.69 Å². The highest BCUT2D eigenvalue weighted by Crippen LogP contribution is 2.32. The maximum Gasteiger partial charge on any atom is 0.270 e. The molecule has 0 bridgehead atoms. The smallest absolute Gasteiger partial charge is 0.270 e. The van der Waals surface area contributed by atoms with E-state index in [0.717, 1.165) is 28.2 Å². The lowest BCUT2D eigenvalue weighted by molar-refractivity contribution is -0.122. The van der Waals surface area contributed by atoms with Crippen molar-refractivity contribution < 1.29 is 14.3 Å². The van der Waals surface area contributed by atoms with E-state index in [1.165, 1.54) is 4.90 Å². The molecule has 0 spiro atoms. The number of aryl methyl sites for hydroxylation is 1. The summed E-state index contributed by atoms with van der Waals surface area (Å²) >= 11 is 11.6. The van der Waals surface area contributed by atoms with Crippen molar-refractivity contribution in [2.75, 3.05) is 12.0 Å². The Hall–Kier alpha value is -3.42. The van der Waals surface area contributed by atoms with Crippen molar-refractivity contribution in [2.45, 2.75) is 33.6 Å². The van der Waals surface area contributed by atoms with Crippen LogP contribution in [-0.2, 0) is 9.59 Å². The summed E-state index contributed by atoms with van der Waals surface area (Å²) in [6.07, 6.45) is 1.60. The van der Waals surface area contributed by atoms with E-state index in [0.29, 0.717) is 22.4 Å². The van der Waals surface area contributed by atoms with E-state index < -0.39 is 11.8 Å². The van der Waals surface area contributed by atoms with Crippen LogP contribution in [0.5, 0.6) is 5.75 Å². The van der Waals surface area contributed by atoms with Gasteiger partial charge in [0.1, 0.15) is 11.3 Å². The number of nitrogens with zero attached hydrogens (tertiary/aromatic N) is 2. The Bertz CT molecular complexity index is 1370. The highest BCUT2D eigenvalue weighted by atomic mass is 35.5. The van der Waals surface area contributed by atoms with E-state index in [4.69, 9.17) is 28.6 Å². The number of hydrogen-bond acceptors (Lipinski definition) is 4. The number of nitrogens with one attached hydrogen (secondary N) is 1. The van der Waals surface area contributed by atoms with Gasteiger partial charge in [-0.05, 0) is 85.6 Å². The third kappa shape index (κ3) is 4.61. The van der Waals surface area contributed by atoms with Crippen LogP contribution in [0.3, 0.4) is 0 Å². The number of rotatable bonds is 5. The Balaban J connectivity index is 1.76. The van der Waals surface area contributed by atoms with Gasteiger partial charge in [0.15, 0.2) is 5.11 Å². The van der Waals surface area contributed by atoms with Crippen LogP contribution < -0.4 is 15.0 Å². The molecule has 1 saturated heterocycles. The topological polar surface area (TPSA) is 63.6 Å². The molecule has 8 heteroatoms. The zero-order chi connectivity index (χ0) is 25.4. The van der Waals surface area contributed by atoms with Crippen molar-refractivity contribution >= 4 is 52.5 Å². The first kappa shape index (κ1) is 24.7. The molecule has 1 aliphatic heterocycles. The molecule has 0 unspecified atom stereocenters. The fourth-order valence-corrected chi connectivity index (χ4v) is 4.65. The van der Waals surface area contributed by atoms with Gasteiger partial charge >= 0.3 is 0 Å². The number of ether oxygens (including phenoxy) is 1. The van der Waals surface area contributed by atoms with Crippen LogP contribution in [0.2, 0.25) is 5.02 Å². The van der Waals surface area contributed by atoms with E-state index in [1.54, 1.807) is 25.3 Å². The number of aromatic nitrogens is 1. The first-order valence-corrected chi connectivity index (χ1v) is 11.9.